The molecule has 1 aromatic carbocycles. The first-order valence-electron chi connectivity index (χ1n) is 5.48. The summed E-state index contributed by atoms with van der Waals surface area (Å²) in [6.07, 6.45) is 1.40. The summed E-state index contributed by atoms with van der Waals surface area (Å²) in [7, 11) is 1.62. The molecule has 2 aromatic rings. The number of nitrogens with zero attached hydrogens (tertiary/aromatic N) is 2. The highest BCUT2D eigenvalue weighted by atomic mass is 79.9. The van der Waals surface area contributed by atoms with E-state index in [4.69, 9.17) is 5.73 Å². The summed E-state index contributed by atoms with van der Waals surface area (Å²) in [4.78, 5) is 11.9. The first-order chi connectivity index (χ1) is 8.99. The van der Waals surface area contributed by atoms with Crippen LogP contribution in [0.1, 0.15) is 16.1 Å². The molecule has 0 unspecified atom stereocenters. The molecule has 1 amide bonds. The lowest BCUT2D eigenvalue weighted by atomic mass is 10.2. The van der Waals surface area contributed by atoms with Gasteiger partial charge in [-0.25, -0.2) is 4.39 Å². The Hall–Kier alpha value is -1.89. The fraction of sp³-hybridized carbons (Fsp3) is 0.167. The van der Waals surface area contributed by atoms with Crippen LogP contribution < -0.4 is 11.1 Å². The highest BCUT2D eigenvalue weighted by Gasteiger charge is 2.15. The third kappa shape index (κ3) is 2.93. The van der Waals surface area contributed by atoms with Crippen molar-refractivity contribution in [3.8, 4) is 0 Å². The van der Waals surface area contributed by atoms with Crippen molar-refractivity contribution in [2.24, 2.45) is 7.05 Å². The zero-order chi connectivity index (χ0) is 14.0. The van der Waals surface area contributed by atoms with E-state index in [1.54, 1.807) is 19.2 Å². The summed E-state index contributed by atoms with van der Waals surface area (Å²) < 4.78 is 15.6. The summed E-state index contributed by atoms with van der Waals surface area (Å²) in [6.45, 7) is 0.0781. The van der Waals surface area contributed by atoms with Crippen LogP contribution in [-0.2, 0) is 13.6 Å². The Morgan fingerprint density at radius 1 is 1.58 bits per heavy atom. The number of carbonyl (C=O) groups excluding carboxylic acids is 1. The molecule has 0 atom stereocenters. The Morgan fingerprint density at radius 2 is 2.32 bits per heavy atom. The van der Waals surface area contributed by atoms with Gasteiger partial charge in [-0.1, -0.05) is 15.9 Å². The summed E-state index contributed by atoms with van der Waals surface area (Å²) in [5.41, 5.74) is 6.58. The number of anilines is 1. The Morgan fingerprint density at radius 3 is 2.95 bits per heavy atom. The molecule has 7 heteroatoms. The average molecular weight is 327 g/mol. The number of amides is 1. The minimum absolute atomic E-state index is 0.0781. The van der Waals surface area contributed by atoms with Crippen LogP contribution in [0.25, 0.3) is 0 Å². The molecule has 0 aliphatic carbocycles. The van der Waals surface area contributed by atoms with E-state index in [1.807, 2.05) is 0 Å². The number of nitrogen functional groups attached to an aromatic ring is 1. The van der Waals surface area contributed by atoms with Crippen LogP contribution in [0.15, 0.2) is 28.9 Å². The van der Waals surface area contributed by atoms with Crippen LogP contribution in [0.4, 0.5) is 10.1 Å². The predicted molar refractivity (Wildman–Crippen MR) is 72.9 cm³/mol. The summed E-state index contributed by atoms with van der Waals surface area (Å²) in [5.74, 6) is -0.765. The maximum Gasteiger partial charge on any atom is 0.271 e. The maximum absolute atomic E-state index is 13.5. The van der Waals surface area contributed by atoms with E-state index in [2.05, 4.69) is 26.3 Å². The Balaban J connectivity index is 2.11. The molecule has 0 fully saturated rings. The van der Waals surface area contributed by atoms with Gasteiger partial charge in [-0.05, 0) is 18.2 Å². The number of aryl methyl sites for hydroxylation is 1. The van der Waals surface area contributed by atoms with Crippen LogP contribution in [-0.4, -0.2) is 15.7 Å². The molecule has 0 bridgehead atoms. The van der Waals surface area contributed by atoms with Gasteiger partial charge in [0.05, 0.1) is 11.9 Å². The summed E-state index contributed by atoms with van der Waals surface area (Å²) in [5, 5.41) is 6.48. The van der Waals surface area contributed by atoms with Crippen molar-refractivity contribution in [2.45, 2.75) is 6.54 Å². The van der Waals surface area contributed by atoms with E-state index in [0.717, 1.165) is 4.47 Å². The van der Waals surface area contributed by atoms with Crippen molar-refractivity contribution in [1.82, 2.24) is 15.1 Å². The van der Waals surface area contributed by atoms with Crippen molar-refractivity contribution in [3.05, 3.63) is 45.9 Å². The third-order valence-electron chi connectivity index (χ3n) is 2.63. The molecular formula is C12H12BrFN4O. The van der Waals surface area contributed by atoms with Gasteiger partial charge < -0.3 is 11.1 Å². The largest absolute Gasteiger partial charge is 0.396 e. The molecule has 0 spiro atoms. The Kier molecular flexibility index (Phi) is 3.84. The minimum Gasteiger partial charge on any atom is -0.396 e. The average Bonchev–Trinajstić information content (AvgIpc) is 2.70. The molecule has 0 radical (unpaired) electrons. The number of carbonyl (C=O) groups is 1. The van der Waals surface area contributed by atoms with E-state index < -0.39 is 5.91 Å². The molecule has 0 saturated heterocycles. The van der Waals surface area contributed by atoms with E-state index in [-0.39, 0.29) is 23.7 Å². The lowest BCUT2D eigenvalue weighted by Crippen LogP contribution is -2.26. The second kappa shape index (κ2) is 5.40. The number of nitrogens with one attached hydrogen (secondary N) is 1. The van der Waals surface area contributed by atoms with Gasteiger partial charge in [0.2, 0.25) is 0 Å². The molecule has 1 aromatic heterocycles. The molecule has 3 N–H and O–H groups in total. The highest BCUT2D eigenvalue weighted by Crippen LogP contribution is 2.16. The third-order valence-corrected chi connectivity index (χ3v) is 3.12. The lowest BCUT2D eigenvalue weighted by molar-refractivity contribution is 0.0942. The quantitative estimate of drug-likeness (QED) is 0.903. The van der Waals surface area contributed by atoms with E-state index in [9.17, 15) is 9.18 Å². The monoisotopic (exact) mass is 326 g/mol. The Labute approximate surface area is 117 Å². The second-order valence-electron chi connectivity index (χ2n) is 3.99. The smallest absolute Gasteiger partial charge is 0.271 e. The van der Waals surface area contributed by atoms with Crippen LogP contribution in [0.5, 0.6) is 0 Å². The van der Waals surface area contributed by atoms with Crippen LogP contribution in [0, 0.1) is 5.82 Å². The van der Waals surface area contributed by atoms with Crippen molar-refractivity contribution in [1.29, 1.82) is 0 Å². The first kappa shape index (κ1) is 13.5. The van der Waals surface area contributed by atoms with Gasteiger partial charge >= 0.3 is 0 Å². The molecule has 5 nitrogen and oxygen atoms in total. The number of nitrogens with two attached hydrogens (primary N) is 1. The number of rotatable bonds is 3. The molecule has 0 saturated carbocycles. The van der Waals surface area contributed by atoms with Crippen molar-refractivity contribution in [3.63, 3.8) is 0 Å². The van der Waals surface area contributed by atoms with Gasteiger partial charge in [-0.15, -0.1) is 0 Å². The number of halogens is 2. The predicted octanol–water partition coefficient (Wildman–Crippen LogP) is 1.83. The molecule has 2 rings (SSSR count). The van der Waals surface area contributed by atoms with Crippen molar-refractivity contribution < 1.29 is 9.18 Å². The molecule has 0 aliphatic rings. The van der Waals surface area contributed by atoms with E-state index >= 15 is 0 Å². The fourth-order valence-electron chi connectivity index (χ4n) is 1.67. The Bertz CT molecular complexity index is 607. The fourth-order valence-corrected chi connectivity index (χ4v) is 2.08. The first-order valence-corrected chi connectivity index (χ1v) is 6.28. The topological polar surface area (TPSA) is 72.9 Å². The van der Waals surface area contributed by atoms with Crippen molar-refractivity contribution in [2.75, 3.05) is 5.73 Å². The zero-order valence-corrected chi connectivity index (χ0v) is 11.7. The normalized spacial score (nSPS) is 10.5. The molecule has 1 heterocycles. The van der Waals surface area contributed by atoms with Gasteiger partial charge in [0.1, 0.15) is 11.5 Å². The van der Waals surface area contributed by atoms with Gasteiger partial charge in [-0.3, -0.25) is 9.48 Å². The minimum atomic E-state index is -0.392. The maximum atomic E-state index is 13.5. The number of hydrogen-bond acceptors (Lipinski definition) is 3. The molecule has 0 aliphatic heterocycles. The lowest BCUT2D eigenvalue weighted by Gasteiger charge is -2.07. The van der Waals surface area contributed by atoms with Gasteiger partial charge in [-0.2, -0.15) is 5.10 Å². The summed E-state index contributed by atoms with van der Waals surface area (Å²) in [6, 6.07) is 4.55. The van der Waals surface area contributed by atoms with Crippen molar-refractivity contribution >= 4 is 27.5 Å². The molecule has 100 valence electrons. The van der Waals surface area contributed by atoms with Gasteiger partial charge in [0, 0.05) is 23.6 Å². The standard InChI is InChI=1S/C12H12BrFN4O/c1-18-11(10(15)6-17-18)12(19)16-5-7-4-8(13)2-3-9(7)14/h2-4,6H,5,15H2,1H3,(H,16,19). The highest BCUT2D eigenvalue weighted by molar-refractivity contribution is 9.10. The second-order valence-corrected chi connectivity index (χ2v) is 4.91. The van der Waals surface area contributed by atoms with Gasteiger partial charge in [0.25, 0.3) is 5.91 Å². The zero-order valence-electron chi connectivity index (χ0n) is 10.2. The summed E-state index contributed by atoms with van der Waals surface area (Å²) >= 11 is 3.25. The van der Waals surface area contributed by atoms with E-state index in [0.29, 0.717) is 5.56 Å². The number of hydrogen-bond donors (Lipinski definition) is 2. The molecular weight excluding hydrogens is 315 g/mol. The van der Waals surface area contributed by atoms with Crippen LogP contribution in [0.2, 0.25) is 0 Å². The van der Waals surface area contributed by atoms with Gasteiger partial charge in [0.15, 0.2) is 0 Å². The number of benzene rings is 1. The SMILES string of the molecule is Cn1ncc(N)c1C(=O)NCc1cc(Br)ccc1F. The van der Waals surface area contributed by atoms with Crippen LogP contribution >= 0.6 is 15.9 Å². The number of aromatic nitrogens is 2. The molecule has 19 heavy (non-hydrogen) atoms. The van der Waals surface area contributed by atoms with E-state index in [1.165, 1.54) is 16.9 Å². The van der Waals surface area contributed by atoms with Crippen LogP contribution in [0.3, 0.4) is 0 Å².